The highest BCUT2D eigenvalue weighted by molar-refractivity contribution is 6.02. The number of carbonyl (C=O) groups excluding carboxylic acids is 3. The van der Waals surface area contributed by atoms with Gasteiger partial charge in [0.25, 0.3) is 5.91 Å². The smallest absolute Gasteiger partial charge is 0.251 e. The molecule has 1 atom stereocenters. The second-order valence-electron chi connectivity index (χ2n) is 6.38. The number of rotatable bonds is 7. The van der Waals surface area contributed by atoms with Crippen molar-refractivity contribution in [1.29, 1.82) is 0 Å². The number of hydrogen-bond acceptors (Lipinski definition) is 4. The largest absolute Gasteiger partial charge is 0.497 e. The van der Waals surface area contributed by atoms with Crippen LogP contribution < -0.4 is 20.7 Å². The van der Waals surface area contributed by atoms with Crippen molar-refractivity contribution in [3.8, 4) is 5.75 Å². The van der Waals surface area contributed by atoms with Crippen molar-refractivity contribution in [3.05, 3.63) is 65.2 Å². The number of methoxy groups -OCH3 is 1. The maximum atomic E-state index is 12.4. The first-order chi connectivity index (χ1) is 13.8. The van der Waals surface area contributed by atoms with Crippen LogP contribution in [0.3, 0.4) is 0 Å². The minimum Gasteiger partial charge on any atom is -0.497 e. The molecule has 0 radical (unpaired) electrons. The fourth-order valence-electron chi connectivity index (χ4n) is 2.61. The van der Waals surface area contributed by atoms with E-state index in [0.29, 0.717) is 16.8 Å². The molecule has 2 aromatic carbocycles. The summed E-state index contributed by atoms with van der Waals surface area (Å²) in [5.41, 5.74) is 2.48. The summed E-state index contributed by atoms with van der Waals surface area (Å²) in [6.07, 6.45) is 3.01. The van der Waals surface area contributed by atoms with Crippen LogP contribution >= 0.6 is 0 Å². The average molecular weight is 395 g/mol. The van der Waals surface area contributed by atoms with E-state index in [4.69, 9.17) is 4.74 Å². The van der Waals surface area contributed by atoms with E-state index in [0.717, 1.165) is 11.3 Å². The molecule has 0 aromatic heterocycles. The van der Waals surface area contributed by atoms with Gasteiger partial charge in [-0.2, -0.15) is 0 Å². The van der Waals surface area contributed by atoms with Crippen LogP contribution in [0.15, 0.2) is 48.5 Å². The Hall–Kier alpha value is -3.61. The Balaban J connectivity index is 1.97. The van der Waals surface area contributed by atoms with E-state index in [-0.39, 0.29) is 17.7 Å². The molecule has 7 heteroatoms. The SMILES string of the molecule is CNC(=O)c1cccc(NC(=O)C(C)NC(=O)/C=C/c2ccc(OC)cc2)c1C. The number of nitrogens with one attached hydrogen (secondary N) is 3. The number of benzene rings is 2. The molecule has 0 saturated carbocycles. The average Bonchev–Trinajstić information content (AvgIpc) is 2.73. The lowest BCUT2D eigenvalue weighted by molar-refractivity contribution is -0.123. The molecule has 2 aromatic rings. The fraction of sp³-hybridized carbons (Fsp3) is 0.227. The van der Waals surface area contributed by atoms with Gasteiger partial charge in [-0.1, -0.05) is 18.2 Å². The van der Waals surface area contributed by atoms with Gasteiger partial charge in [-0.25, -0.2) is 0 Å². The first-order valence-electron chi connectivity index (χ1n) is 9.11. The Labute approximate surface area is 170 Å². The van der Waals surface area contributed by atoms with Gasteiger partial charge in [0.05, 0.1) is 7.11 Å². The van der Waals surface area contributed by atoms with E-state index in [1.54, 1.807) is 64.4 Å². The monoisotopic (exact) mass is 395 g/mol. The van der Waals surface area contributed by atoms with E-state index in [1.807, 2.05) is 12.1 Å². The van der Waals surface area contributed by atoms with Gasteiger partial charge in [0.1, 0.15) is 11.8 Å². The molecule has 0 fully saturated rings. The van der Waals surface area contributed by atoms with Crippen molar-refractivity contribution < 1.29 is 19.1 Å². The topological polar surface area (TPSA) is 96.5 Å². The van der Waals surface area contributed by atoms with Crippen molar-refractivity contribution in [3.63, 3.8) is 0 Å². The molecule has 0 saturated heterocycles. The van der Waals surface area contributed by atoms with Crippen LogP contribution in [0.25, 0.3) is 6.08 Å². The minimum atomic E-state index is -0.758. The molecule has 0 heterocycles. The highest BCUT2D eigenvalue weighted by atomic mass is 16.5. The summed E-state index contributed by atoms with van der Waals surface area (Å²) in [4.78, 5) is 36.4. The van der Waals surface area contributed by atoms with Gasteiger partial charge in [-0.05, 0) is 55.3 Å². The second kappa shape index (κ2) is 10.1. The summed E-state index contributed by atoms with van der Waals surface area (Å²) < 4.78 is 5.09. The Bertz CT molecular complexity index is 920. The maximum absolute atomic E-state index is 12.4. The third-order valence-corrected chi connectivity index (χ3v) is 4.36. The summed E-state index contributed by atoms with van der Waals surface area (Å²) in [5.74, 6) is -0.274. The number of hydrogen-bond donors (Lipinski definition) is 3. The van der Waals surface area contributed by atoms with Gasteiger partial charge in [0.2, 0.25) is 11.8 Å². The van der Waals surface area contributed by atoms with E-state index < -0.39 is 6.04 Å². The number of ether oxygens (including phenoxy) is 1. The van der Waals surface area contributed by atoms with Crippen molar-refractivity contribution >= 4 is 29.5 Å². The van der Waals surface area contributed by atoms with Crippen LogP contribution in [-0.4, -0.2) is 37.9 Å². The molecule has 0 aliphatic rings. The van der Waals surface area contributed by atoms with Crippen molar-refractivity contribution in [2.45, 2.75) is 19.9 Å². The van der Waals surface area contributed by atoms with Crippen LogP contribution in [0.5, 0.6) is 5.75 Å². The Morgan fingerprint density at radius 3 is 2.38 bits per heavy atom. The quantitative estimate of drug-likeness (QED) is 0.628. The van der Waals surface area contributed by atoms with Gasteiger partial charge in [-0.15, -0.1) is 0 Å². The Morgan fingerprint density at radius 2 is 1.76 bits per heavy atom. The lowest BCUT2D eigenvalue weighted by atomic mass is 10.1. The van der Waals surface area contributed by atoms with Crippen LogP contribution in [0, 0.1) is 6.92 Å². The standard InChI is InChI=1S/C22H25N3O4/c1-14-18(22(28)23-3)6-5-7-19(14)25-21(27)15(2)24-20(26)13-10-16-8-11-17(29-4)12-9-16/h5-13,15H,1-4H3,(H,23,28)(H,24,26)(H,25,27)/b13-10+. The first kappa shape index (κ1) is 21.7. The zero-order valence-corrected chi connectivity index (χ0v) is 16.9. The lowest BCUT2D eigenvalue weighted by Crippen LogP contribution is -2.41. The molecule has 2 rings (SSSR count). The van der Waals surface area contributed by atoms with Gasteiger partial charge >= 0.3 is 0 Å². The summed E-state index contributed by atoms with van der Waals surface area (Å²) in [5, 5.41) is 7.93. The van der Waals surface area contributed by atoms with Crippen molar-refractivity contribution in [2.75, 3.05) is 19.5 Å². The number of amides is 3. The summed E-state index contributed by atoms with van der Waals surface area (Å²) in [6, 6.07) is 11.5. The molecule has 7 nitrogen and oxygen atoms in total. The summed E-state index contributed by atoms with van der Waals surface area (Å²) in [6.45, 7) is 3.34. The molecule has 29 heavy (non-hydrogen) atoms. The van der Waals surface area contributed by atoms with E-state index in [9.17, 15) is 14.4 Å². The van der Waals surface area contributed by atoms with Crippen LogP contribution in [0.1, 0.15) is 28.4 Å². The lowest BCUT2D eigenvalue weighted by Gasteiger charge is -2.15. The van der Waals surface area contributed by atoms with Crippen LogP contribution in [0.4, 0.5) is 5.69 Å². The van der Waals surface area contributed by atoms with Crippen LogP contribution in [-0.2, 0) is 9.59 Å². The summed E-state index contributed by atoms with van der Waals surface area (Å²) >= 11 is 0. The van der Waals surface area contributed by atoms with E-state index in [1.165, 1.54) is 6.08 Å². The maximum Gasteiger partial charge on any atom is 0.251 e. The Morgan fingerprint density at radius 1 is 1.07 bits per heavy atom. The molecule has 0 aliphatic heterocycles. The number of anilines is 1. The molecule has 0 aliphatic carbocycles. The highest BCUT2D eigenvalue weighted by Gasteiger charge is 2.17. The predicted molar refractivity (Wildman–Crippen MR) is 113 cm³/mol. The third kappa shape index (κ3) is 5.93. The molecule has 0 bridgehead atoms. The van der Waals surface area contributed by atoms with Gasteiger partial charge in [0, 0.05) is 24.4 Å². The summed E-state index contributed by atoms with van der Waals surface area (Å²) in [7, 11) is 3.13. The zero-order valence-electron chi connectivity index (χ0n) is 16.9. The molecule has 3 amide bonds. The number of carbonyl (C=O) groups is 3. The van der Waals surface area contributed by atoms with E-state index in [2.05, 4.69) is 16.0 Å². The van der Waals surface area contributed by atoms with Gasteiger partial charge in [-0.3, -0.25) is 14.4 Å². The molecule has 3 N–H and O–H groups in total. The molecule has 152 valence electrons. The predicted octanol–water partition coefficient (Wildman–Crippen LogP) is 2.52. The normalized spacial score (nSPS) is 11.6. The van der Waals surface area contributed by atoms with Gasteiger partial charge in [0.15, 0.2) is 0 Å². The first-order valence-corrected chi connectivity index (χ1v) is 9.11. The zero-order chi connectivity index (χ0) is 21.4. The second-order valence-corrected chi connectivity index (χ2v) is 6.38. The Kier molecular flexibility index (Phi) is 7.54. The van der Waals surface area contributed by atoms with E-state index >= 15 is 0 Å². The molecular formula is C22H25N3O4. The fourth-order valence-corrected chi connectivity index (χ4v) is 2.61. The highest BCUT2D eigenvalue weighted by Crippen LogP contribution is 2.19. The molecular weight excluding hydrogens is 370 g/mol. The van der Waals surface area contributed by atoms with Crippen LogP contribution in [0.2, 0.25) is 0 Å². The van der Waals surface area contributed by atoms with Gasteiger partial charge < -0.3 is 20.7 Å². The minimum absolute atomic E-state index is 0.233. The molecule has 0 spiro atoms. The van der Waals surface area contributed by atoms with Crippen molar-refractivity contribution in [2.24, 2.45) is 0 Å². The molecule has 1 unspecified atom stereocenters. The van der Waals surface area contributed by atoms with Crippen molar-refractivity contribution in [1.82, 2.24) is 10.6 Å². The third-order valence-electron chi connectivity index (χ3n) is 4.36.